The van der Waals surface area contributed by atoms with E-state index in [0.717, 1.165) is 37.7 Å². The van der Waals surface area contributed by atoms with Crippen LogP contribution in [-0.4, -0.2) is 40.9 Å². The zero-order valence-corrected chi connectivity index (χ0v) is 21.0. The number of nitrogens with one attached hydrogen (secondary N) is 1. The first-order valence-electron chi connectivity index (χ1n) is 12.4. The molecule has 0 aromatic heterocycles. The van der Waals surface area contributed by atoms with Crippen molar-refractivity contribution < 1.29 is 32.7 Å². The van der Waals surface area contributed by atoms with Gasteiger partial charge in [-0.15, -0.1) is 0 Å². The van der Waals surface area contributed by atoms with E-state index >= 15 is 0 Å². The summed E-state index contributed by atoms with van der Waals surface area (Å²) in [6.07, 6.45) is 4.44. The number of carboxylic acid groups (broad SMARTS) is 1. The molecule has 1 aliphatic carbocycles. The van der Waals surface area contributed by atoms with Gasteiger partial charge in [-0.05, 0) is 30.2 Å². The summed E-state index contributed by atoms with van der Waals surface area (Å²) in [5, 5.41) is 9.79. The Balaban J connectivity index is 0.000000809. The summed E-state index contributed by atoms with van der Waals surface area (Å²) in [5.41, 5.74) is 6.94. The third kappa shape index (κ3) is 13.3. The Morgan fingerprint density at radius 1 is 1.14 bits per heavy atom. The third-order valence-electron chi connectivity index (χ3n) is 6.25. The first-order valence-corrected chi connectivity index (χ1v) is 12.4. The van der Waals surface area contributed by atoms with Gasteiger partial charge in [0, 0.05) is 6.42 Å². The van der Waals surface area contributed by atoms with Crippen LogP contribution >= 0.6 is 0 Å². The van der Waals surface area contributed by atoms with Gasteiger partial charge in [0.15, 0.2) is 11.7 Å². The quantitative estimate of drug-likeness (QED) is 0.299. The van der Waals surface area contributed by atoms with Crippen LogP contribution in [0.4, 0.5) is 13.2 Å². The number of hydrogen-bond donors (Lipinski definition) is 3. The van der Waals surface area contributed by atoms with E-state index in [-0.39, 0.29) is 24.1 Å². The summed E-state index contributed by atoms with van der Waals surface area (Å²) in [7, 11) is 0. The van der Waals surface area contributed by atoms with Crippen molar-refractivity contribution in [1.29, 1.82) is 0 Å². The number of carbonyl (C=O) groups is 3. The number of guanidine groups is 1. The number of carbonyl (C=O) groups excluding carboxylic acids is 2. The molecule has 202 valence electrons. The van der Waals surface area contributed by atoms with Crippen molar-refractivity contribution in [2.24, 2.45) is 22.6 Å². The normalized spacial score (nSPS) is 16.3. The molecule has 0 bridgehead atoms. The maximum absolute atomic E-state index is 12.9. The Hall–Kier alpha value is -2.91. The number of amides is 1. The molecule has 4 N–H and O–H groups in total. The number of benzene rings is 1. The molecule has 1 aromatic carbocycles. The molecule has 0 heterocycles. The number of Topliss-reactive ketones (excluding diaryl/α,β-unsaturated/α-hetero) is 1. The number of aliphatic carboxylic acids is 1. The van der Waals surface area contributed by atoms with Crippen molar-refractivity contribution in [3.8, 4) is 0 Å². The second-order valence-electron chi connectivity index (χ2n) is 9.30. The second kappa shape index (κ2) is 16.0. The Morgan fingerprint density at radius 3 is 2.25 bits per heavy atom. The van der Waals surface area contributed by atoms with Gasteiger partial charge < -0.3 is 10.8 Å². The van der Waals surface area contributed by atoms with E-state index in [1.807, 2.05) is 30.3 Å². The Labute approximate surface area is 210 Å². The monoisotopic (exact) mass is 513 g/mol. The first-order chi connectivity index (χ1) is 16.9. The van der Waals surface area contributed by atoms with Crippen LogP contribution in [0.3, 0.4) is 0 Å². The average molecular weight is 514 g/mol. The van der Waals surface area contributed by atoms with E-state index in [9.17, 15) is 22.8 Å². The van der Waals surface area contributed by atoms with Gasteiger partial charge in [0.25, 0.3) is 0 Å². The largest absolute Gasteiger partial charge is 0.490 e. The Bertz CT molecular complexity index is 854. The summed E-state index contributed by atoms with van der Waals surface area (Å²) in [6, 6.07) is 9.07. The number of hydrogen-bond acceptors (Lipinski definition) is 4. The molecule has 2 rings (SSSR count). The van der Waals surface area contributed by atoms with Crippen LogP contribution in [0.25, 0.3) is 0 Å². The van der Waals surface area contributed by atoms with Gasteiger partial charge in [0.05, 0.1) is 6.42 Å². The molecule has 0 aliphatic heterocycles. The van der Waals surface area contributed by atoms with E-state index in [0.29, 0.717) is 18.3 Å². The topological polar surface area (TPSA) is 122 Å². The lowest BCUT2D eigenvalue weighted by Gasteiger charge is -2.24. The molecule has 1 aliphatic rings. The SMILES string of the molecule is CC[C@H](C)CCC(=O)[C@@H](CC1CCCCC1)N=C(N)NC(=O)Cc1ccccc1.O=C(O)C(F)(F)F. The van der Waals surface area contributed by atoms with Crippen LogP contribution in [0.5, 0.6) is 0 Å². The smallest absolute Gasteiger partial charge is 0.475 e. The molecule has 10 heteroatoms. The lowest BCUT2D eigenvalue weighted by Crippen LogP contribution is -2.40. The summed E-state index contributed by atoms with van der Waals surface area (Å²) < 4.78 is 31.7. The number of aliphatic imine (C=N–C) groups is 1. The molecule has 1 fully saturated rings. The number of ketones is 1. The van der Waals surface area contributed by atoms with Crippen molar-refractivity contribution in [1.82, 2.24) is 5.32 Å². The molecule has 1 saturated carbocycles. The van der Waals surface area contributed by atoms with Crippen molar-refractivity contribution in [2.45, 2.75) is 90.3 Å². The lowest BCUT2D eigenvalue weighted by molar-refractivity contribution is -0.192. The molecular weight excluding hydrogens is 475 g/mol. The second-order valence-corrected chi connectivity index (χ2v) is 9.30. The number of rotatable bonds is 10. The Morgan fingerprint density at radius 2 is 1.72 bits per heavy atom. The average Bonchev–Trinajstić information content (AvgIpc) is 2.82. The third-order valence-corrected chi connectivity index (χ3v) is 6.25. The predicted octanol–water partition coefficient (Wildman–Crippen LogP) is 5.03. The highest BCUT2D eigenvalue weighted by Crippen LogP contribution is 2.29. The maximum atomic E-state index is 12.9. The summed E-state index contributed by atoms with van der Waals surface area (Å²) >= 11 is 0. The van der Waals surface area contributed by atoms with Crippen LogP contribution < -0.4 is 11.1 Å². The van der Waals surface area contributed by atoms with Gasteiger partial charge >= 0.3 is 12.1 Å². The zero-order valence-electron chi connectivity index (χ0n) is 21.0. The summed E-state index contributed by atoms with van der Waals surface area (Å²) in [5.74, 6) is -1.70. The first kappa shape index (κ1) is 31.1. The molecule has 36 heavy (non-hydrogen) atoms. The minimum Gasteiger partial charge on any atom is -0.475 e. The van der Waals surface area contributed by atoms with Crippen molar-refractivity contribution in [3.05, 3.63) is 35.9 Å². The molecule has 0 radical (unpaired) electrons. The predicted molar refractivity (Wildman–Crippen MR) is 132 cm³/mol. The van der Waals surface area contributed by atoms with Crippen LogP contribution in [0.1, 0.15) is 77.2 Å². The van der Waals surface area contributed by atoms with E-state index in [1.54, 1.807) is 0 Å². The number of halogens is 3. The molecule has 1 aromatic rings. The number of nitrogens with two attached hydrogens (primary N) is 1. The van der Waals surface area contributed by atoms with E-state index < -0.39 is 18.2 Å². The highest BCUT2D eigenvalue weighted by molar-refractivity contribution is 5.98. The molecule has 0 unspecified atom stereocenters. The summed E-state index contributed by atoms with van der Waals surface area (Å²) in [6.45, 7) is 4.32. The number of alkyl halides is 3. The van der Waals surface area contributed by atoms with Crippen LogP contribution in [0, 0.1) is 11.8 Å². The fourth-order valence-corrected chi connectivity index (χ4v) is 3.92. The number of nitrogens with zero attached hydrogens (tertiary/aromatic N) is 1. The van der Waals surface area contributed by atoms with Gasteiger partial charge in [-0.25, -0.2) is 9.79 Å². The maximum Gasteiger partial charge on any atom is 0.490 e. The Kier molecular flexibility index (Phi) is 13.8. The van der Waals surface area contributed by atoms with Crippen molar-refractivity contribution in [2.75, 3.05) is 0 Å². The molecule has 1 amide bonds. The van der Waals surface area contributed by atoms with Crippen LogP contribution in [0.2, 0.25) is 0 Å². The van der Waals surface area contributed by atoms with Crippen molar-refractivity contribution >= 4 is 23.6 Å². The van der Waals surface area contributed by atoms with E-state index in [1.165, 1.54) is 19.3 Å². The molecule has 2 atom stereocenters. The van der Waals surface area contributed by atoms with Gasteiger partial charge in [0.2, 0.25) is 5.91 Å². The van der Waals surface area contributed by atoms with E-state index in [4.69, 9.17) is 15.6 Å². The van der Waals surface area contributed by atoms with Crippen LogP contribution in [-0.2, 0) is 20.8 Å². The minimum atomic E-state index is -5.08. The fourth-order valence-electron chi connectivity index (χ4n) is 3.92. The van der Waals surface area contributed by atoms with Gasteiger partial charge in [0.1, 0.15) is 6.04 Å². The summed E-state index contributed by atoms with van der Waals surface area (Å²) in [4.78, 5) is 38.5. The van der Waals surface area contributed by atoms with E-state index in [2.05, 4.69) is 24.2 Å². The fraction of sp³-hybridized carbons (Fsp3) is 0.615. The van der Waals surface area contributed by atoms with Gasteiger partial charge in [-0.1, -0.05) is 82.7 Å². The highest BCUT2D eigenvalue weighted by Gasteiger charge is 2.38. The van der Waals surface area contributed by atoms with Gasteiger partial charge in [-0.3, -0.25) is 14.9 Å². The minimum absolute atomic E-state index is 0.0589. The molecule has 0 spiro atoms. The molecular formula is C26H38F3N3O4. The standard InChI is InChI=1S/C24H37N3O2.C2HF3O2/c1-3-18(2)14-15-22(28)21(16-19-10-6-4-7-11-19)26-24(25)27-23(29)17-20-12-8-5-9-13-20;3-2(4,5)1(6)7/h5,8-9,12-13,18-19,21H,3-4,6-7,10-11,14-17H2,1-2H3,(H3,25,26,27,29);(H,6,7)/t18-,21+;/m0./s1. The van der Waals surface area contributed by atoms with Crippen molar-refractivity contribution in [3.63, 3.8) is 0 Å². The van der Waals surface area contributed by atoms with Gasteiger partial charge in [-0.2, -0.15) is 13.2 Å². The molecule has 0 saturated heterocycles. The number of carboxylic acids is 1. The molecule has 7 nitrogen and oxygen atoms in total. The lowest BCUT2D eigenvalue weighted by atomic mass is 9.83. The zero-order chi connectivity index (χ0) is 27.1. The highest BCUT2D eigenvalue weighted by atomic mass is 19.4. The van der Waals surface area contributed by atoms with Crippen LogP contribution in [0.15, 0.2) is 35.3 Å².